The Morgan fingerprint density at radius 1 is 0.976 bits per heavy atom. The molecule has 0 unspecified atom stereocenters. The number of ether oxygens (including phenoxy) is 3. The molecule has 0 saturated heterocycles. The van der Waals surface area contributed by atoms with Crippen molar-refractivity contribution in [2.75, 3.05) is 20.8 Å². The van der Waals surface area contributed by atoms with Crippen LogP contribution in [0.15, 0.2) is 107 Å². The topological polar surface area (TPSA) is 75.2 Å². The molecule has 0 saturated carbocycles. The van der Waals surface area contributed by atoms with Crippen LogP contribution >= 0.6 is 11.3 Å². The predicted octanol–water partition coefficient (Wildman–Crippen LogP) is 6.66. The molecule has 2 heterocycles. The van der Waals surface area contributed by atoms with Gasteiger partial charge >= 0.3 is 6.61 Å². The van der Waals surface area contributed by atoms with Gasteiger partial charge in [-0.15, -0.1) is 17.9 Å². The molecule has 214 valence electrons. The number of thiazole rings is 1. The van der Waals surface area contributed by atoms with Gasteiger partial charge in [-0.25, -0.2) is 9.36 Å². The Balaban J connectivity index is 1.61. The summed E-state index contributed by atoms with van der Waals surface area (Å²) in [5.74, 6) is 1.26. The van der Waals surface area contributed by atoms with E-state index < -0.39 is 6.61 Å². The van der Waals surface area contributed by atoms with E-state index in [4.69, 9.17) is 19.7 Å². The zero-order valence-corrected chi connectivity index (χ0v) is 23.7. The second-order valence-corrected chi connectivity index (χ2v) is 9.61. The fourth-order valence-corrected chi connectivity index (χ4v) is 5.04. The molecule has 5 aromatic rings. The quantitative estimate of drug-likeness (QED) is 0.128. The fraction of sp³-hybridized carbons (Fsp3) is 0.129. The van der Waals surface area contributed by atoms with E-state index in [1.165, 1.54) is 23.5 Å². The summed E-state index contributed by atoms with van der Waals surface area (Å²) in [5.41, 5.74) is 4.60. The lowest BCUT2D eigenvalue weighted by molar-refractivity contribution is -0.0498. The van der Waals surface area contributed by atoms with E-state index in [2.05, 4.69) is 16.3 Å². The van der Waals surface area contributed by atoms with Crippen LogP contribution in [0.25, 0.3) is 28.2 Å². The molecule has 0 aliphatic rings. The van der Waals surface area contributed by atoms with Crippen molar-refractivity contribution >= 4 is 17.6 Å². The molecule has 0 aliphatic heterocycles. The summed E-state index contributed by atoms with van der Waals surface area (Å²) in [4.78, 5) is 5.23. The Labute approximate surface area is 245 Å². The van der Waals surface area contributed by atoms with Crippen molar-refractivity contribution < 1.29 is 23.0 Å². The first-order valence-corrected chi connectivity index (χ1v) is 13.7. The minimum Gasteiger partial charge on any atom is -0.493 e. The Bertz CT molecular complexity index is 1760. The van der Waals surface area contributed by atoms with Crippen molar-refractivity contribution in [3.63, 3.8) is 0 Å². The van der Waals surface area contributed by atoms with E-state index in [1.54, 1.807) is 48.0 Å². The number of benzene rings is 3. The summed E-state index contributed by atoms with van der Waals surface area (Å²) in [5, 5.41) is 11.6. The summed E-state index contributed by atoms with van der Waals surface area (Å²) < 4.78 is 44.2. The number of hydrogen-bond donors (Lipinski definition) is 0. The Kier molecular flexibility index (Phi) is 8.88. The summed E-state index contributed by atoms with van der Waals surface area (Å²) in [6, 6.07) is 21.8. The lowest BCUT2D eigenvalue weighted by atomic mass is 10.1. The summed E-state index contributed by atoms with van der Waals surface area (Å²) in [7, 11) is 3.17. The van der Waals surface area contributed by atoms with Crippen molar-refractivity contribution in [1.29, 1.82) is 0 Å². The van der Waals surface area contributed by atoms with E-state index in [9.17, 15) is 8.78 Å². The van der Waals surface area contributed by atoms with Gasteiger partial charge in [-0.2, -0.15) is 19.0 Å². The first-order valence-electron chi connectivity index (χ1n) is 12.8. The fourth-order valence-electron chi connectivity index (χ4n) is 4.19. The average Bonchev–Trinajstić information content (AvgIpc) is 3.63. The number of aromatic nitrogens is 3. The maximum absolute atomic E-state index is 12.7. The minimum atomic E-state index is -2.90. The lowest BCUT2D eigenvalue weighted by Gasteiger charge is -2.09. The maximum Gasteiger partial charge on any atom is 0.387 e. The van der Waals surface area contributed by atoms with Crippen molar-refractivity contribution in [3.05, 3.63) is 107 Å². The molecule has 3 aromatic carbocycles. The van der Waals surface area contributed by atoms with Crippen LogP contribution < -0.4 is 19.0 Å². The summed E-state index contributed by atoms with van der Waals surface area (Å²) >= 11 is 1.40. The van der Waals surface area contributed by atoms with E-state index in [0.717, 1.165) is 28.1 Å². The third kappa shape index (κ3) is 6.31. The zero-order valence-electron chi connectivity index (χ0n) is 22.9. The van der Waals surface area contributed by atoms with Crippen molar-refractivity contribution in [3.8, 4) is 45.5 Å². The lowest BCUT2D eigenvalue weighted by Crippen LogP contribution is -2.12. The van der Waals surface area contributed by atoms with Crippen LogP contribution in [0.4, 0.5) is 8.78 Å². The summed E-state index contributed by atoms with van der Waals surface area (Å²) in [6.07, 6.45) is 5.31. The number of para-hydroxylation sites is 1. The van der Waals surface area contributed by atoms with Crippen LogP contribution in [0, 0.1) is 0 Å². The van der Waals surface area contributed by atoms with Crippen LogP contribution in [0.3, 0.4) is 0 Å². The van der Waals surface area contributed by atoms with Crippen molar-refractivity contribution in [2.45, 2.75) is 6.61 Å². The largest absolute Gasteiger partial charge is 0.493 e. The number of hydrogen-bond acceptors (Lipinski definition) is 7. The van der Waals surface area contributed by atoms with Gasteiger partial charge in [0.05, 0.1) is 38.4 Å². The molecular weight excluding hydrogens is 560 g/mol. The molecule has 5 rings (SSSR count). The molecule has 0 spiro atoms. The zero-order chi connectivity index (χ0) is 29.5. The Hall–Kier alpha value is -5.03. The van der Waals surface area contributed by atoms with E-state index in [0.29, 0.717) is 28.5 Å². The van der Waals surface area contributed by atoms with Gasteiger partial charge in [-0.1, -0.05) is 24.3 Å². The monoisotopic (exact) mass is 587 g/mol. The van der Waals surface area contributed by atoms with Crippen LogP contribution in [-0.4, -0.2) is 48.0 Å². The van der Waals surface area contributed by atoms with Crippen molar-refractivity contribution in [1.82, 2.24) is 14.5 Å². The normalized spacial score (nSPS) is 11.8. The van der Waals surface area contributed by atoms with E-state index in [-0.39, 0.29) is 5.75 Å². The molecule has 0 N–H and O–H groups in total. The van der Waals surface area contributed by atoms with Gasteiger partial charge < -0.3 is 14.2 Å². The van der Waals surface area contributed by atoms with Gasteiger partial charge in [-0.3, -0.25) is 4.99 Å². The highest BCUT2D eigenvalue weighted by Gasteiger charge is 2.15. The number of nitrogens with zero attached hydrogens (tertiary/aromatic N) is 5. The average molecular weight is 588 g/mol. The molecule has 2 aromatic heterocycles. The standard InChI is InChI=1S/C31H27F2N5O3S/c1-4-16-34-31-38(26(20-42-31)21-10-13-25(14-11-21)41-30(32)33)35-18-23-19-37(24-8-6-5-7-9-24)36-29(23)22-12-15-27(39-2)28(17-22)40-3/h4-15,17-20,30H,1,16H2,2-3H3/b34-31?,35-18-. The van der Waals surface area contributed by atoms with Gasteiger partial charge in [0.25, 0.3) is 0 Å². The molecule has 0 fully saturated rings. The third-order valence-electron chi connectivity index (χ3n) is 6.15. The van der Waals surface area contributed by atoms with E-state index in [1.807, 2.05) is 60.1 Å². The van der Waals surface area contributed by atoms with Crippen LogP contribution in [-0.2, 0) is 0 Å². The molecule has 8 nitrogen and oxygen atoms in total. The van der Waals surface area contributed by atoms with Crippen LogP contribution in [0.5, 0.6) is 17.2 Å². The summed E-state index contributed by atoms with van der Waals surface area (Å²) in [6.45, 7) is 1.26. The highest BCUT2D eigenvalue weighted by atomic mass is 32.1. The second kappa shape index (κ2) is 13.1. The molecule has 0 atom stereocenters. The van der Waals surface area contributed by atoms with Gasteiger partial charge in [0.15, 0.2) is 11.5 Å². The maximum atomic E-state index is 12.7. The predicted molar refractivity (Wildman–Crippen MR) is 160 cm³/mol. The number of rotatable bonds is 11. The molecule has 42 heavy (non-hydrogen) atoms. The number of halogens is 2. The van der Waals surface area contributed by atoms with Crippen LogP contribution in [0.2, 0.25) is 0 Å². The SMILES string of the molecule is C=CCN=c1scc(-c2ccc(OC(F)F)cc2)n1/N=C\c1cn(-c2ccccc2)nc1-c1ccc(OC)c(OC)c1. The van der Waals surface area contributed by atoms with Crippen LogP contribution in [0.1, 0.15) is 5.56 Å². The van der Waals surface area contributed by atoms with Gasteiger partial charge in [-0.05, 0) is 54.6 Å². The molecule has 0 amide bonds. The first-order chi connectivity index (χ1) is 20.5. The molecule has 0 aliphatic carbocycles. The number of methoxy groups -OCH3 is 2. The molecular formula is C31H27F2N5O3S. The Morgan fingerprint density at radius 3 is 2.40 bits per heavy atom. The van der Waals surface area contributed by atoms with Gasteiger partial charge in [0.1, 0.15) is 11.4 Å². The van der Waals surface area contributed by atoms with Gasteiger partial charge in [0.2, 0.25) is 4.80 Å². The minimum absolute atomic E-state index is 0.0727. The highest BCUT2D eigenvalue weighted by molar-refractivity contribution is 7.07. The number of alkyl halides is 2. The van der Waals surface area contributed by atoms with E-state index >= 15 is 0 Å². The van der Waals surface area contributed by atoms with Gasteiger partial charge in [0, 0.05) is 28.3 Å². The Morgan fingerprint density at radius 2 is 1.71 bits per heavy atom. The molecule has 0 radical (unpaired) electrons. The molecule has 11 heteroatoms. The smallest absolute Gasteiger partial charge is 0.387 e. The van der Waals surface area contributed by atoms with Crippen molar-refractivity contribution in [2.24, 2.45) is 10.1 Å². The first kappa shape index (κ1) is 28.5. The highest BCUT2D eigenvalue weighted by Crippen LogP contribution is 2.33. The molecule has 0 bridgehead atoms. The second-order valence-electron chi connectivity index (χ2n) is 8.78. The third-order valence-corrected chi connectivity index (χ3v) is 7.00.